The number of hydrogen-bond acceptors (Lipinski definition) is 3. The standard InChI is InChI=1S/C6H10N2O2S.ClH/c1-2-10-5(9)3-4-8-6(7)11;/h3-4H,2H2,1H3,(H3,7,8,11);1H. The topological polar surface area (TPSA) is 64.7 Å². The highest BCUT2D eigenvalue weighted by Gasteiger charge is 1.90. The molecular weight excluding hydrogens is 200 g/mol. The summed E-state index contributed by atoms with van der Waals surface area (Å²) >= 11 is 3.68. The van der Waals surface area contributed by atoms with Gasteiger partial charge in [0, 0.05) is 12.3 Å². The Labute approximate surface area is 82.7 Å². The SMILES string of the molecule is CCOC(=O)C=C/N=C(/N)S.Cl. The summed E-state index contributed by atoms with van der Waals surface area (Å²) in [7, 11) is 0. The van der Waals surface area contributed by atoms with Crippen molar-refractivity contribution in [1.29, 1.82) is 0 Å². The Bertz CT molecular complexity index is 190. The van der Waals surface area contributed by atoms with Crippen LogP contribution in [-0.4, -0.2) is 17.7 Å². The molecule has 0 saturated carbocycles. The van der Waals surface area contributed by atoms with Gasteiger partial charge in [0.2, 0.25) is 0 Å². The molecule has 0 radical (unpaired) electrons. The first-order valence-corrected chi connectivity index (χ1v) is 3.47. The quantitative estimate of drug-likeness (QED) is 0.237. The summed E-state index contributed by atoms with van der Waals surface area (Å²) < 4.78 is 4.56. The van der Waals surface area contributed by atoms with Gasteiger partial charge in [-0.25, -0.2) is 9.79 Å². The molecule has 0 spiro atoms. The van der Waals surface area contributed by atoms with Gasteiger partial charge in [-0.15, -0.1) is 25.0 Å². The lowest BCUT2D eigenvalue weighted by Gasteiger charge is -1.92. The van der Waals surface area contributed by atoms with Crippen LogP contribution in [0.3, 0.4) is 0 Å². The maximum atomic E-state index is 10.6. The smallest absolute Gasteiger partial charge is 0.332 e. The number of carbonyl (C=O) groups excluding carboxylic acids is 1. The van der Waals surface area contributed by atoms with Crippen LogP contribution in [0.1, 0.15) is 6.92 Å². The summed E-state index contributed by atoms with van der Waals surface area (Å²) in [6.07, 6.45) is 2.41. The van der Waals surface area contributed by atoms with E-state index in [0.29, 0.717) is 6.61 Å². The number of esters is 1. The highest BCUT2D eigenvalue weighted by atomic mass is 35.5. The maximum Gasteiger partial charge on any atom is 0.332 e. The lowest BCUT2D eigenvalue weighted by Crippen LogP contribution is -2.01. The van der Waals surface area contributed by atoms with Crippen LogP contribution in [0.2, 0.25) is 0 Å². The molecule has 0 aromatic rings. The van der Waals surface area contributed by atoms with Crippen molar-refractivity contribution in [3.63, 3.8) is 0 Å². The van der Waals surface area contributed by atoms with E-state index in [4.69, 9.17) is 5.73 Å². The van der Waals surface area contributed by atoms with Gasteiger partial charge in [-0.2, -0.15) is 0 Å². The number of nitrogens with zero attached hydrogens (tertiary/aromatic N) is 1. The van der Waals surface area contributed by atoms with E-state index < -0.39 is 5.97 Å². The molecule has 0 heterocycles. The van der Waals surface area contributed by atoms with E-state index in [1.165, 1.54) is 12.3 Å². The lowest BCUT2D eigenvalue weighted by molar-refractivity contribution is -0.137. The van der Waals surface area contributed by atoms with E-state index in [0.717, 1.165) is 0 Å². The van der Waals surface area contributed by atoms with Crippen molar-refractivity contribution in [3.05, 3.63) is 12.3 Å². The molecule has 0 aromatic carbocycles. The first-order chi connectivity index (χ1) is 5.16. The Morgan fingerprint density at radius 3 is 2.75 bits per heavy atom. The molecule has 6 heteroatoms. The Morgan fingerprint density at radius 2 is 2.33 bits per heavy atom. The van der Waals surface area contributed by atoms with Crippen LogP contribution >= 0.6 is 25.0 Å². The maximum absolute atomic E-state index is 10.6. The zero-order chi connectivity index (χ0) is 8.69. The largest absolute Gasteiger partial charge is 0.463 e. The number of aliphatic imine (C=N–C) groups is 1. The molecule has 70 valence electrons. The second-order valence-corrected chi connectivity index (χ2v) is 2.01. The molecule has 0 fully saturated rings. The van der Waals surface area contributed by atoms with Crippen molar-refractivity contribution in [2.75, 3.05) is 6.61 Å². The number of thiol groups is 1. The predicted molar refractivity (Wildman–Crippen MR) is 53.6 cm³/mol. The molecule has 0 aliphatic carbocycles. The molecule has 0 bridgehead atoms. The van der Waals surface area contributed by atoms with Gasteiger partial charge in [0.15, 0.2) is 5.17 Å². The summed E-state index contributed by atoms with van der Waals surface area (Å²) in [6.45, 7) is 2.07. The molecular formula is C6H11ClN2O2S. The highest BCUT2D eigenvalue weighted by Crippen LogP contribution is 1.83. The summed E-state index contributed by atoms with van der Waals surface area (Å²) in [5.41, 5.74) is 5.06. The molecule has 0 aliphatic heterocycles. The molecule has 12 heavy (non-hydrogen) atoms. The molecule has 0 aliphatic rings. The van der Waals surface area contributed by atoms with Gasteiger partial charge in [-0.05, 0) is 6.92 Å². The fraction of sp³-hybridized carbons (Fsp3) is 0.333. The molecule has 0 unspecified atom stereocenters. The molecule has 0 aromatic heterocycles. The van der Waals surface area contributed by atoms with Crippen LogP contribution in [0.5, 0.6) is 0 Å². The van der Waals surface area contributed by atoms with Crippen LogP contribution in [0, 0.1) is 0 Å². The van der Waals surface area contributed by atoms with Crippen LogP contribution in [0.25, 0.3) is 0 Å². The van der Waals surface area contributed by atoms with Gasteiger partial charge in [0.25, 0.3) is 0 Å². The Hall–Kier alpha value is -0.680. The van der Waals surface area contributed by atoms with Crippen LogP contribution in [-0.2, 0) is 9.53 Å². The second kappa shape index (κ2) is 8.42. The van der Waals surface area contributed by atoms with Crippen molar-refractivity contribution in [3.8, 4) is 0 Å². The zero-order valence-corrected chi connectivity index (χ0v) is 8.27. The Kier molecular flexibility index (Phi) is 9.74. The third-order valence-electron chi connectivity index (χ3n) is 0.704. The first kappa shape index (κ1) is 13.9. The number of amidine groups is 1. The van der Waals surface area contributed by atoms with Crippen molar-refractivity contribution in [1.82, 2.24) is 0 Å². The van der Waals surface area contributed by atoms with E-state index in [2.05, 4.69) is 22.4 Å². The normalized spacial score (nSPS) is 11.0. The molecule has 4 nitrogen and oxygen atoms in total. The fourth-order valence-corrected chi connectivity index (χ4v) is 0.432. The van der Waals surface area contributed by atoms with E-state index in [1.54, 1.807) is 6.92 Å². The second-order valence-electron chi connectivity index (χ2n) is 1.56. The molecule has 0 amide bonds. The molecule has 0 rings (SSSR count). The summed E-state index contributed by atoms with van der Waals surface area (Å²) in [5.74, 6) is -0.439. The lowest BCUT2D eigenvalue weighted by atomic mass is 10.6. The van der Waals surface area contributed by atoms with Gasteiger partial charge in [0.1, 0.15) is 0 Å². The van der Waals surface area contributed by atoms with Crippen molar-refractivity contribution in [2.24, 2.45) is 10.7 Å². The predicted octanol–water partition coefficient (Wildman–Crippen LogP) is 0.730. The van der Waals surface area contributed by atoms with Crippen molar-refractivity contribution in [2.45, 2.75) is 6.92 Å². The first-order valence-electron chi connectivity index (χ1n) is 3.02. The summed E-state index contributed by atoms with van der Waals surface area (Å²) in [4.78, 5) is 14.1. The van der Waals surface area contributed by atoms with Gasteiger partial charge < -0.3 is 10.5 Å². The van der Waals surface area contributed by atoms with Crippen molar-refractivity contribution < 1.29 is 9.53 Å². The van der Waals surface area contributed by atoms with Gasteiger partial charge >= 0.3 is 5.97 Å². The number of ether oxygens (including phenoxy) is 1. The number of carbonyl (C=O) groups is 1. The van der Waals surface area contributed by atoms with Crippen molar-refractivity contribution >= 4 is 36.2 Å². The van der Waals surface area contributed by atoms with Gasteiger partial charge in [-0.3, -0.25) is 0 Å². The average Bonchev–Trinajstić information content (AvgIpc) is 1.87. The summed E-state index contributed by atoms with van der Waals surface area (Å²) in [6, 6.07) is 0. The highest BCUT2D eigenvalue weighted by molar-refractivity contribution is 7.96. The van der Waals surface area contributed by atoms with E-state index in [1.807, 2.05) is 0 Å². The number of rotatable bonds is 3. The third kappa shape index (κ3) is 9.32. The van der Waals surface area contributed by atoms with E-state index in [-0.39, 0.29) is 17.6 Å². The Morgan fingerprint density at radius 1 is 1.75 bits per heavy atom. The average molecular weight is 211 g/mol. The number of nitrogens with two attached hydrogens (primary N) is 1. The molecule has 0 atom stereocenters. The zero-order valence-electron chi connectivity index (χ0n) is 6.56. The minimum absolute atomic E-state index is 0. The molecule has 0 saturated heterocycles. The minimum atomic E-state index is -0.439. The summed E-state index contributed by atoms with van der Waals surface area (Å²) in [5, 5.41) is 0.102. The van der Waals surface area contributed by atoms with Crippen LogP contribution in [0.15, 0.2) is 17.3 Å². The van der Waals surface area contributed by atoms with E-state index >= 15 is 0 Å². The van der Waals surface area contributed by atoms with Crippen LogP contribution < -0.4 is 5.73 Å². The van der Waals surface area contributed by atoms with Crippen LogP contribution in [0.4, 0.5) is 0 Å². The Balaban J connectivity index is 0. The van der Waals surface area contributed by atoms with Gasteiger partial charge in [0.05, 0.1) is 6.61 Å². The number of halogens is 1. The fourth-order valence-electron chi connectivity index (χ4n) is 0.365. The number of hydrogen-bond donors (Lipinski definition) is 2. The van der Waals surface area contributed by atoms with E-state index in [9.17, 15) is 4.79 Å². The third-order valence-corrected chi connectivity index (χ3v) is 0.819. The monoisotopic (exact) mass is 210 g/mol. The molecule has 2 N–H and O–H groups in total. The van der Waals surface area contributed by atoms with Gasteiger partial charge in [-0.1, -0.05) is 0 Å². The minimum Gasteiger partial charge on any atom is -0.463 e.